The van der Waals surface area contributed by atoms with Crippen LogP contribution >= 0.6 is 0 Å². The number of rotatable bonds is 7. The van der Waals surface area contributed by atoms with Crippen LogP contribution in [-0.2, 0) is 27.9 Å². The first-order chi connectivity index (χ1) is 13.8. The van der Waals surface area contributed by atoms with E-state index in [1.54, 1.807) is 4.90 Å². The van der Waals surface area contributed by atoms with Gasteiger partial charge < -0.3 is 9.47 Å². The molecule has 2 heterocycles. The molecule has 2 aromatic rings. The number of sulfonamides is 1. The molecule has 3 rings (SSSR count). The Morgan fingerprint density at radius 2 is 1.72 bits per heavy atom. The SMILES string of the molecule is CC(C)N(Cc1ccccc1)C(=O)Cn1cc(S(=O)(=O)N2CCCC2)ccc1=O. The van der Waals surface area contributed by atoms with E-state index < -0.39 is 15.6 Å². The van der Waals surface area contributed by atoms with Gasteiger partial charge >= 0.3 is 0 Å². The first-order valence-electron chi connectivity index (χ1n) is 9.83. The fourth-order valence-corrected chi connectivity index (χ4v) is 4.98. The second-order valence-corrected chi connectivity index (χ2v) is 9.48. The normalized spacial score (nSPS) is 15.0. The average molecular weight is 418 g/mol. The summed E-state index contributed by atoms with van der Waals surface area (Å²) in [6.07, 6.45) is 2.95. The number of carbonyl (C=O) groups is 1. The van der Waals surface area contributed by atoms with Crippen LogP contribution < -0.4 is 5.56 Å². The maximum absolute atomic E-state index is 12.9. The minimum absolute atomic E-state index is 0.0472. The topological polar surface area (TPSA) is 79.7 Å². The third kappa shape index (κ3) is 4.94. The average Bonchev–Trinajstić information content (AvgIpc) is 3.24. The van der Waals surface area contributed by atoms with Crippen molar-refractivity contribution in [1.82, 2.24) is 13.8 Å². The summed E-state index contributed by atoms with van der Waals surface area (Å²) in [5, 5.41) is 0. The highest BCUT2D eigenvalue weighted by Gasteiger charge is 2.28. The summed E-state index contributed by atoms with van der Waals surface area (Å²) in [6.45, 7) is 5.03. The smallest absolute Gasteiger partial charge is 0.251 e. The molecule has 1 saturated heterocycles. The fraction of sp³-hybridized carbons (Fsp3) is 0.429. The van der Waals surface area contributed by atoms with Crippen molar-refractivity contribution in [1.29, 1.82) is 0 Å². The molecule has 1 amide bonds. The number of nitrogens with zero attached hydrogens (tertiary/aromatic N) is 3. The zero-order chi connectivity index (χ0) is 21.0. The molecule has 0 saturated carbocycles. The minimum atomic E-state index is -3.65. The highest BCUT2D eigenvalue weighted by Crippen LogP contribution is 2.20. The van der Waals surface area contributed by atoms with Gasteiger partial charge in [0.05, 0.1) is 4.90 Å². The summed E-state index contributed by atoms with van der Waals surface area (Å²) in [7, 11) is -3.65. The number of pyridine rings is 1. The van der Waals surface area contributed by atoms with Crippen molar-refractivity contribution in [2.24, 2.45) is 0 Å². The lowest BCUT2D eigenvalue weighted by atomic mass is 10.2. The lowest BCUT2D eigenvalue weighted by Gasteiger charge is -2.27. The Balaban J connectivity index is 1.82. The molecule has 0 atom stereocenters. The second kappa shape index (κ2) is 8.92. The van der Waals surface area contributed by atoms with Crippen molar-refractivity contribution >= 4 is 15.9 Å². The summed E-state index contributed by atoms with van der Waals surface area (Å²) in [4.78, 5) is 27.0. The summed E-state index contributed by atoms with van der Waals surface area (Å²) >= 11 is 0. The molecule has 0 spiro atoms. The first kappa shape index (κ1) is 21.3. The van der Waals surface area contributed by atoms with Crippen LogP contribution in [-0.4, -0.2) is 47.2 Å². The number of amides is 1. The lowest BCUT2D eigenvalue weighted by Crippen LogP contribution is -2.40. The fourth-order valence-electron chi connectivity index (χ4n) is 3.44. The molecule has 1 aromatic carbocycles. The maximum atomic E-state index is 12.9. The third-order valence-electron chi connectivity index (χ3n) is 5.10. The molecule has 0 radical (unpaired) electrons. The Labute approximate surface area is 171 Å². The minimum Gasteiger partial charge on any atom is -0.334 e. The largest absolute Gasteiger partial charge is 0.334 e. The molecule has 7 nitrogen and oxygen atoms in total. The summed E-state index contributed by atoms with van der Waals surface area (Å²) < 4.78 is 28.2. The van der Waals surface area contributed by atoms with Gasteiger partial charge in [-0.2, -0.15) is 4.31 Å². The molecule has 0 unspecified atom stereocenters. The van der Waals surface area contributed by atoms with Crippen LogP contribution in [0.25, 0.3) is 0 Å². The van der Waals surface area contributed by atoms with E-state index in [2.05, 4.69) is 0 Å². The monoisotopic (exact) mass is 417 g/mol. The maximum Gasteiger partial charge on any atom is 0.251 e. The van der Waals surface area contributed by atoms with Crippen LogP contribution in [0, 0.1) is 0 Å². The predicted molar refractivity (Wildman–Crippen MR) is 111 cm³/mol. The molecule has 1 aromatic heterocycles. The summed E-state index contributed by atoms with van der Waals surface area (Å²) in [5.74, 6) is -0.235. The Morgan fingerprint density at radius 1 is 1.07 bits per heavy atom. The number of benzene rings is 1. The van der Waals surface area contributed by atoms with Gasteiger partial charge in [-0.15, -0.1) is 0 Å². The van der Waals surface area contributed by atoms with Gasteiger partial charge in [0.1, 0.15) is 6.54 Å². The van der Waals surface area contributed by atoms with Gasteiger partial charge in [0.15, 0.2) is 0 Å². The van der Waals surface area contributed by atoms with E-state index in [1.807, 2.05) is 44.2 Å². The molecular weight excluding hydrogens is 390 g/mol. The third-order valence-corrected chi connectivity index (χ3v) is 6.99. The van der Waals surface area contributed by atoms with Gasteiger partial charge in [-0.25, -0.2) is 8.42 Å². The number of aromatic nitrogens is 1. The van der Waals surface area contributed by atoms with Crippen LogP contribution in [0.2, 0.25) is 0 Å². The van der Waals surface area contributed by atoms with Gasteiger partial charge in [0, 0.05) is 37.9 Å². The zero-order valence-corrected chi connectivity index (χ0v) is 17.6. The van der Waals surface area contributed by atoms with Crippen molar-refractivity contribution < 1.29 is 13.2 Å². The van der Waals surface area contributed by atoms with E-state index in [0.29, 0.717) is 19.6 Å². The molecule has 1 aliphatic heterocycles. The molecule has 0 bridgehead atoms. The second-order valence-electron chi connectivity index (χ2n) is 7.54. The Kier molecular flexibility index (Phi) is 6.54. The van der Waals surface area contributed by atoms with Crippen LogP contribution in [0.5, 0.6) is 0 Å². The molecule has 156 valence electrons. The Morgan fingerprint density at radius 3 is 2.34 bits per heavy atom. The molecular formula is C21H27N3O4S. The van der Waals surface area contributed by atoms with Gasteiger partial charge in [0.25, 0.3) is 5.56 Å². The van der Waals surface area contributed by atoms with Crippen molar-refractivity contribution in [3.05, 3.63) is 64.6 Å². The van der Waals surface area contributed by atoms with E-state index in [1.165, 1.54) is 27.2 Å². The number of carbonyl (C=O) groups excluding carboxylic acids is 1. The Hall–Kier alpha value is -2.45. The number of hydrogen-bond acceptors (Lipinski definition) is 4. The van der Waals surface area contributed by atoms with E-state index in [0.717, 1.165) is 18.4 Å². The molecule has 29 heavy (non-hydrogen) atoms. The van der Waals surface area contributed by atoms with Crippen LogP contribution in [0.15, 0.2) is 58.4 Å². The quantitative estimate of drug-likeness (QED) is 0.691. The Bertz CT molecular complexity index is 1010. The van der Waals surface area contributed by atoms with Gasteiger partial charge in [-0.1, -0.05) is 30.3 Å². The van der Waals surface area contributed by atoms with Gasteiger partial charge in [-0.05, 0) is 38.3 Å². The molecule has 1 fully saturated rings. The van der Waals surface area contributed by atoms with Crippen molar-refractivity contribution in [3.63, 3.8) is 0 Å². The molecule has 8 heteroatoms. The van der Waals surface area contributed by atoms with E-state index in [9.17, 15) is 18.0 Å². The standard InChI is InChI=1S/C21H27N3O4S/c1-17(2)24(14-18-8-4-3-5-9-18)21(26)16-22-15-19(10-11-20(22)25)29(27,28)23-12-6-7-13-23/h3-5,8-11,15,17H,6-7,12-14,16H2,1-2H3. The lowest BCUT2D eigenvalue weighted by molar-refractivity contribution is -0.134. The van der Waals surface area contributed by atoms with Crippen molar-refractivity contribution in [3.8, 4) is 0 Å². The first-order valence-corrected chi connectivity index (χ1v) is 11.3. The van der Waals surface area contributed by atoms with Gasteiger partial charge in [0.2, 0.25) is 15.9 Å². The predicted octanol–water partition coefficient (Wildman–Crippen LogP) is 2.07. The van der Waals surface area contributed by atoms with E-state index >= 15 is 0 Å². The molecule has 0 aliphatic carbocycles. The van der Waals surface area contributed by atoms with Crippen LogP contribution in [0.3, 0.4) is 0 Å². The van der Waals surface area contributed by atoms with E-state index in [-0.39, 0.29) is 23.4 Å². The zero-order valence-electron chi connectivity index (χ0n) is 16.8. The van der Waals surface area contributed by atoms with Gasteiger partial charge in [-0.3, -0.25) is 9.59 Å². The van der Waals surface area contributed by atoms with Crippen LogP contribution in [0.1, 0.15) is 32.3 Å². The van der Waals surface area contributed by atoms with Crippen molar-refractivity contribution in [2.45, 2.75) is 50.7 Å². The summed E-state index contributed by atoms with van der Waals surface area (Å²) in [6, 6.07) is 12.1. The molecule has 1 aliphatic rings. The van der Waals surface area contributed by atoms with Crippen LogP contribution in [0.4, 0.5) is 0 Å². The highest BCUT2D eigenvalue weighted by atomic mass is 32.2. The highest BCUT2D eigenvalue weighted by molar-refractivity contribution is 7.89. The van der Waals surface area contributed by atoms with E-state index in [4.69, 9.17) is 0 Å². The van der Waals surface area contributed by atoms with Crippen molar-refractivity contribution in [2.75, 3.05) is 13.1 Å². The molecule has 0 N–H and O–H groups in total. The summed E-state index contributed by atoms with van der Waals surface area (Å²) in [5.41, 5.74) is 0.592. The number of hydrogen-bond donors (Lipinski definition) is 0.